The Balaban J connectivity index is 1.52. The smallest absolute Gasteiger partial charge is 0.426 e. The molecule has 1 heterocycles. The van der Waals surface area contributed by atoms with E-state index in [9.17, 15) is 41.8 Å². The van der Waals surface area contributed by atoms with Crippen LogP contribution in [-0.4, -0.2) is 51.4 Å². The van der Waals surface area contributed by atoms with Crippen molar-refractivity contribution in [2.45, 2.75) is 87.2 Å². The lowest BCUT2D eigenvalue weighted by molar-refractivity contribution is -0.228. The van der Waals surface area contributed by atoms with Gasteiger partial charge in [0.25, 0.3) is 5.91 Å². The molecule has 0 aromatic heterocycles. The van der Waals surface area contributed by atoms with Crippen LogP contribution >= 0.6 is 0 Å². The van der Waals surface area contributed by atoms with Gasteiger partial charge >= 0.3 is 12.1 Å². The molecular formula is C30H32F5NO4. The van der Waals surface area contributed by atoms with E-state index >= 15 is 0 Å². The van der Waals surface area contributed by atoms with Crippen LogP contribution in [0.2, 0.25) is 0 Å². The first-order valence-electron chi connectivity index (χ1n) is 13.6. The van der Waals surface area contributed by atoms with Crippen molar-refractivity contribution in [2.24, 2.45) is 5.92 Å². The molecule has 2 aromatic carbocycles. The lowest BCUT2D eigenvalue weighted by Gasteiger charge is -2.46. The molecule has 1 amide bonds. The predicted octanol–water partition coefficient (Wildman–Crippen LogP) is 5.61. The molecule has 3 aliphatic rings. The molecule has 2 aromatic rings. The molecule has 0 bridgehead atoms. The second-order valence-electron chi connectivity index (χ2n) is 11.8. The fourth-order valence-corrected chi connectivity index (χ4v) is 7.06. The first-order valence-corrected chi connectivity index (χ1v) is 13.6. The van der Waals surface area contributed by atoms with Crippen LogP contribution in [0.25, 0.3) is 0 Å². The van der Waals surface area contributed by atoms with E-state index in [1.807, 2.05) is 0 Å². The molecule has 40 heavy (non-hydrogen) atoms. The second-order valence-corrected chi connectivity index (χ2v) is 11.8. The van der Waals surface area contributed by atoms with Crippen LogP contribution in [0.1, 0.15) is 67.7 Å². The lowest BCUT2D eigenvalue weighted by atomic mass is 9.63. The van der Waals surface area contributed by atoms with E-state index in [1.54, 1.807) is 17.0 Å². The molecule has 1 saturated carbocycles. The molecule has 2 aliphatic carbocycles. The van der Waals surface area contributed by atoms with Gasteiger partial charge < -0.3 is 15.1 Å². The van der Waals surface area contributed by atoms with E-state index in [4.69, 9.17) is 0 Å². The number of amides is 1. The molecule has 216 valence electrons. The molecule has 2 fully saturated rings. The number of aliphatic carboxylic acids is 1. The summed E-state index contributed by atoms with van der Waals surface area (Å²) in [6, 6.07) is 9.49. The molecule has 1 saturated heterocycles. The van der Waals surface area contributed by atoms with E-state index in [1.165, 1.54) is 24.3 Å². The first kappa shape index (κ1) is 28.5. The van der Waals surface area contributed by atoms with Crippen molar-refractivity contribution >= 4 is 11.9 Å². The van der Waals surface area contributed by atoms with Crippen molar-refractivity contribution in [3.05, 3.63) is 70.5 Å². The van der Waals surface area contributed by atoms with Crippen molar-refractivity contribution < 1.29 is 41.8 Å². The number of carboxylic acids is 1. The van der Waals surface area contributed by atoms with E-state index in [-0.39, 0.29) is 25.7 Å². The van der Waals surface area contributed by atoms with E-state index in [0.29, 0.717) is 44.7 Å². The van der Waals surface area contributed by atoms with Gasteiger partial charge in [0.05, 0.1) is 5.92 Å². The maximum absolute atomic E-state index is 14.9. The Kier molecular flexibility index (Phi) is 7.00. The van der Waals surface area contributed by atoms with Crippen LogP contribution in [0.3, 0.4) is 0 Å². The Bertz CT molecular complexity index is 1300. The number of hydrogen-bond donors (Lipinski definition) is 2. The van der Waals surface area contributed by atoms with E-state index < -0.39 is 58.1 Å². The fourth-order valence-electron chi connectivity index (χ4n) is 7.06. The standard InChI is InChI=1S/C30H32F5NO4/c1-27(32,30(33,34)35)21-5-8-23-20(16-21)4-9-24-28(23,17-18-2-6-22(31)7-3-18)14-15-36(24)26(39)29(40)12-10-19(11-13-29)25(37)38/h2-3,5-8,16,19,24,40H,4,9-15,17H2,1H3,(H,37,38)/t19?,24-,27?,28-,29?/m1/s1. The third-order valence-electron chi connectivity index (χ3n) is 9.47. The summed E-state index contributed by atoms with van der Waals surface area (Å²) in [7, 11) is 0. The largest absolute Gasteiger partial charge is 0.481 e. The van der Waals surface area contributed by atoms with Gasteiger partial charge in [-0.15, -0.1) is 0 Å². The van der Waals surface area contributed by atoms with Crippen LogP contribution in [0.4, 0.5) is 22.0 Å². The number of fused-ring (bicyclic) bond motifs is 3. The van der Waals surface area contributed by atoms with Gasteiger partial charge in [-0.25, -0.2) is 8.78 Å². The molecule has 0 spiro atoms. The van der Waals surface area contributed by atoms with Crippen molar-refractivity contribution in [2.75, 3.05) is 6.54 Å². The van der Waals surface area contributed by atoms with Crippen LogP contribution in [0.15, 0.2) is 42.5 Å². The summed E-state index contributed by atoms with van der Waals surface area (Å²) >= 11 is 0. The Hall–Kier alpha value is -3.01. The summed E-state index contributed by atoms with van der Waals surface area (Å²) in [6.07, 6.45) is -3.12. The van der Waals surface area contributed by atoms with Gasteiger partial charge in [-0.3, -0.25) is 9.59 Å². The number of aliphatic hydroxyl groups is 1. The zero-order valence-corrected chi connectivity index (χ0v) is 22.1. The van der Waals surface area contributed by atoms with Crippen LogP contribution in [-0.2, 0) is 33.5 Å². The molecule has 10 heteroatoms. The highest BCUT2D eigenvalue weighted by molar-refractivity contribution is 5.86. The summed E-state index contributed by atoms with van der Waals surface area (Å²) in [5, 5.41) is 20.6. The minimum absolute atomic E-state index is 0.0312. The number of benzene rings is 2. The summed E-state index contributed by atoms with van der Waals surface area (Å²) in [4.78, 5) is 26.8. The highest BCUT2D eigenvalue weighted by Crippen LogP contribution is 2.52. The molecule has 2 N–H and O–H groups in total. The lowest BCUT2D eigenvalue weighted by Crippen LogP contribution is -2.56. The maximum Gasteiger partial charge on any atom is 0.426 e. The van der Waals surface area contributed by atoms with Crippen molar-refractivity contribution in [1.82, 2.24) is 4.90 Å². The average Bonchev–Trinajstić information content (AvgIpc) is 3.28. The summed E-state index contributed by atoms with van der Waals surface area (Å²) in [5.41, 5.74) is -4.35. The van der Waals surface area contributed by atoms with Gasteiger partial charge in [-0.05, 0) is 92.7 Å². The third kappa shape index (κ3) is 4.67. The fraction of sp³-hybridized carbons (Fsp3) is 0.533. The number of carboxylic acid groups (broad SMARTS) is 1. The number of rotatable bonds is 5. The van der Waals surface area contributed by atoms with Gasteiger partial charge in [0.1, 0.15) is 11.4 Å². The maximum atomic E-state index is 14.9. The van der Waals surface area contributed by atoms with E-state index in [2.05, 4.69) is 0 Å². The number of aryl methyl sites for hydroxylation is 1. The van der Waals surface area contributed by atoms with Crippen LogP contribution < -0.4 is 0 Å². The highest BCUT2D eigenvalue weighted by atomic mass is 19.4. The second kappa shape index (κ2) is 9.82. The minimum atomic E-state index is -5.09. The number of hydrogen-bond acceptors (Lipinski definition) is 3. The minimum Gasteiger partial charge on any atom is -0.481 e. The monoisotopic (exact) mass is 565 g/mol. The quantitative estimate of drug-likeness (QED) is 0.463. The molecule has 1 aliphatic heterocycles. The molecular weight excluding hydrogens is 533 g/mol. The van der Waals surface area contributed by atoms with Crippen LogP contribution in [0, 0.1) is 11.7 Å². The van der Waals surface area contributed by atoms with Gasteiger partial charge in [0.15, 0.2) is 0 Å². The van der Waals surface area contributed by atoms with Gasteiger partial charge in [-0.2, -0.15) is 13.2 Å². The molecule has 5 nitrogen and oxygen atoms in total. The highest BCUT2D eigenvalue weighted by Gasteiger charge is 2.57. The molecule has 5 rings (SSSR count). The van der Waals surface area contributed by atoms with Crippen LogP contribution in [0.5, 0.6) is 0 Å². The number of halogens is 5. The van der Waals surface area contributed by atoms with Crippen molar-refractivity contribution in [3.8, 4) is 0 Å². The molecule has 1 unspecified atom stereocenters. The van der Waals surface area contributed by atoms with E-state index in [0.717, 1.165) is 17.2 Å². The number of likely N-dealkylation sites (tertiary alicyclic amines) is 1. The van der Waals surface area contributed by atoms with Gasteiger partial charge in [0, 0.05) is 18.0 Å². The normalized spacial score (nSPS) is 29.8. The summed E-state index contributed by atoms with van der Waals surface area (Å²) < 4.78 is 69.0. The van der Waals surface area contributed by atoms with Crippen molar-refractivity contribution in [3.63, 3.8) is 0 Å². The van der Waals surface area contributed by atoms with Gasteiger partial charge in [0.2, 0.25) is 5.67 Å². The Morgan fingerprint density at radius 2 is 1.65 bits per heavy atom. The Morgan fingerprint density at radius 3 is 2.25 bits per heavy atom. The number of carbonyl (C=O) groups is 2. The first-order chi connectivity index (χ1) is 18.7. The summed E-state index contributed by atoms with van der Waals surface area (Å²) in [6.45, 7) is 0.796. The molecule has 0 radical (unpaired) electrons. The predicted molar refractivity (Wildman–Crippen MR) is 136 cm³/mol. The SMILES string of the molecule is CC(F)(c1ccc2c(c1)CC[C@H]1N(C(=O)C3(O)CCC(C(=O)O)CC3)CC[C@@]21Cc1ccc(F)cc1)C(F)(F)F. The Labute approximate surface area is 229 Å². The Morgan fingerprint density at radius 1 is 1.00 bits per heavy atom. The molecule has 3 atom stereocenters. The summed E-state index contributed by atoms with van der Waals surface area (Å²) in [5.74, 6) is -2.44. The zero-order valence-electron chi connectivity index (χ0n) is 22.1. The third-order valence-corrected chi connectivity index (χ3v) is 9.47. The average molecular weight is 566 g/mol. The van der Waals surface area contributed by atoms with Crippen molar-refractivity contribution in [1.29, 1.82) is 0 Å². The zero-order chi connectivity index (χ0) is 29.1. The topological polar surface area (TPSA) is 77.8 Å². The number of alkyl halides is 4. The number of carbonyl (C=O) groups excluding carboxylic acids is 1. The van der Waals surface area contributed by atoms with Gasteiger partial charge in [-0.1, -0.05) is 30.3 Å². The number of nitrogens with zero attached hydrogens (tertiary/aromatic N) is 1.